The smallest absolute Gasteiger partial charge is 0.0533 e. The molecule has 2 aliphatic rings. The Morgan fingerprint density at radius 3 is 3.00 bits per heavy atom. The minimum atomic E-state index is 0.595. The van der Waals surface area contributed by atoms with Crippen LogP contribution >= 0.6 is 0 Å². The summed E-state index contributed by atoms with van der Waals surface area (Å²) in [7, 11) is 0. The molecule has 2 rings (SSSR count). The first-order chi connectivity index (χ1) is 5.42. The van der Waals surface area contributed by atoms with E-state index in [4.69, 9.17) is 0 Å². The summed E-state index contributed by atoms with van der Waals surface area (Å²) in [6.07, 6.45) is 12.1. The molecule has 1 heterocycles. The molecular formula is C10H13N. The molecule has 1 fully saturated rings. The molecule has 1 heteroatoms. The summed E-state index contributed by atoms with van der Waals surface area (Å²) in [5.41, 5.74) is 0. The monoisotopic (exact) mass is 147 g/mol. The number of nitrogens with zero attached hydrogens (tertiary/aromatic N) is 1. The van der Waals surface area contributed by atoms with Crippen LogP contribution in [0.25, 0.3) is 0 Å². The van der Waals surface area contributed by atoms with E-state index in [1.54, 1.807) is 0 Å². The summed E-state index contributed by atoms with van der Waals surface area (Å²) in [5.74, 6) is 0.734. The van der Waals surface area contributed by atoms with Crippen LogP contribution in [0.2, 0.25) is 0 Å². The molecule has 0 aromatic rings. The zero-order chi connectivity index (χ0) is 7.68. The van der Waals surface area contributed by atoms with Crippen molar-refractivity contribution in [3.05, 3.63) is 37.1 Å². The molecule has 0 bridgehead atoms. The van der Waals surface area contributed by atoms with Gasteiger partial charge in [-0.3, -0.25) is 0 Å². The minimum Gasteiger partial charge on any atom is -0.371 e. The van der Waals surface area contributed by atoms with Crippen LogP contribution in [-0.4, -0.2) is 17.5 Å². The van der Waals surface area contributed by atoms with E-state index < -0.39 is 0 Å². The topological polar surface area (TPSA) is 3.24 Å². The van der Waals surface area contributed by atoms with E-state index in [9.17, 15) is 0 Å². The molecule has 0 radical (unpaired) electrons. The molecule has 1 aliphatic carbocycles. The summed E-state index contributed by atoms with van der Waals surface area (Å²) in [6.45, 7) is 4.96. The lowest BCUT2D eigenvalue weighted by molar-refractivity contribution is 0.380. The summed E-state index contributed by atoms with van der Waals surface area (Å²) >= 11 is 0. The van der Waals surface area contributed by atoms with E-state index in [1.807, 2.05) is 6.20 Å². The fourth-order valence-corrected chi connectivity index (χ4v) is 1.93. The Morgan fingerprint density at radius 2 is 2.18 bits per heavy atom. The Kier molecular flexibility index (Phi) is 1.57. The van der Waals surface area contributed by atoms with Gasteiger partial charge in [-0.2, -0.15) is 0 Å². The second-order valence-electron chi connectivity index (χ2n) is 3.13. The van der Waals surface area contributed by atoms with E-state index in [0.29, 0.717) is 6.04 Å². The molecule has 0 aromatic carbocycles. The van der Waals surface area contributed by atoms with Crippen LogP contribution in [0.15, 0.2) is 37.1 Å². The summed E-state index contributed by atoms with van der Waals surface area (Å²) in [4.78, 5) is 2.31. The highest BCUT2D eigenvalue weighted by atomic mass is 15.2. The van der Waals surface area contributed by atoms with Gasteiger partial charge in [0.05, 0.1) is 6.04 Å². The average molecular weight is 147 g/mol. The lowest BCUT2D eigenvalue weighted by Gasteiger charge is -2.23. The van der Waals surface area contributed by atoms with Gasteiger partial charge in [-0.25, -0.2) is 0 Å². The first-order valence-electron chi connectivity index (χ1n) is 4.15. The van der Waals surface area contributed by atoms with Crippen LogP contribution in [-0.2, 0) is 0 Å². The highest BCUT2D eigenvalue weighted by molar-refractivity contribution is 5.20. The number of allylic oxidation sites excluding steroid dienone is 2. The number of hydrogen-bond donors (Lipinski definition) is 0. The standard InChI is InChI=1S/C10H13N/c1-2-11-8-7-9-5-3-4-6-10(9)11/h2-6,9-10H,1,7-8H2. The molecule has 58 valence electrons. The predicted octanol–water partition coefficient (Wildman–Crippen LogP) is 1.95. The number of rotatable bonds is 1. The quantitative estimate of drug-likeness (QED) is 0.548. The number of likely N-dealkylation sites (tertiary alicyclic amines) is 1. The molecule has 0 N–H and O–H groups in total. The zero-order valence-electron chi connectivity index (χ0n) is 6.61. The Hall–Kier alpha value is -0.980. The molecule has 0 aromatic heterocycles. The minimum absolute atomic E-state index is 0.595. The second kappa shape index (κ2) is 2.57. The third-order valence-electron chi connectivity index (χ3n) is 2.55. The van der Waals surface area contributed by atoms with Gasteiger partial charge >= 0.3 is 0 Å². The maximum Gasteiger partial charge on any atom is 0.0533 e. The first-order valence-corrected chi connectivity index (χ1v) is 4.15. The van der Waals surface area contributed by atoms with Crippen molar-refractivity contribution in [3.8, 4) is 0 Å². The van der Waals surface area contributed by atoms with Crippen LogP contribution in [0, 0.1) is 5.92 Å². The van der Waals surface area contributed by atoms with E-state index in [0.717, 1.165) is 12.5 Å². The van der Waals surface area contributed by atoms with Gasteiger partial charge in [0, 0.05) is 12.5 Å². The van der Waals surface area contributed by atoms with Gasteiger partial charge in [0.15, 0.2) is 0 Å². The number of hydrogen-bond acceptors (Lipinski definition) is 1. The van der Waals surface area contributed by atoms with Gasteiger partial charge in [-0.1, -0.05) is 30.9 Å². The van der Waals surface area contributed by atoms with Crippen LogP contribution in [0.3, 0.4) is 0 Å². The van der Waals surface area contributed by atoms with Gasteiger partial charge in [0.25, 0.3) is 0 Å². The Labute approximate surface area is 67.7 Å². The van der Waals surface area contributed by atoms with Crippen molar-refractivity contribution in [3.63, 3.8) is 0 Å². The summed E-state index contributed by atoms with van der Waals surface area (Å²) < 4.78 is 0. The second-order valence-corrected chi connectivity index (χ2v) is 3.13. The van der Waals surface area contributed by atoms with Crippen molar-refractivity contribution in [2.45, 2.75) is 12.5 Å². The van der Waals surface area contributed by atoms with Gasteiger partial charge in [-0.15, -0.1) is 0 Å². The predicted molar refractivity (Wildman–Crippen MR) is 47.1 cm³/mol. The third-order valence-corrected chi connectivity index (χ3v) is 2.55. The van der Waals surface area contributed by atoms with E-state index in [2.05, 4.69) is 35.8 Å². The van der Waals surface area contributed by atoms with Crippen molar-refractivity contribution in [2.75, 3.05) is 6.54 Å². The zero-order valence-corrected chi connectivity index (χ0v) is 6.61. The van der Waals surface area contributed by atoms with Crippen molar-refractivity contribution in [2.24, 2.45) is 5.92 Å². The molecule has 1 nitrogen and oxygen atoms in total. The van der Waals surface area contributed by atoms with Gasteiger partial charge < -0.3 is 4.90 Å². The number of fused-ring (bicyclic) bond motifs is 1. The lowest BCUT2D eigenvalue weighted by atomic mass is 9.96. The van der Waals surface area contributed by atoms with E-state index in [1.165, 1.54) is 6.42 Å². The molecule has 0 spiro atoms. The van der Waals surface area contributed by atoms with E-state index >= 15 is 0 Å². The van der Waals surface area contributed by atoms with Crippen molar-refractivity contribution < 1.29 is 0 Å². The van der Waals surface area contributed by atoms with Gasteiger partial charge in [0.1, 0.15) is 0 Å². The molecular weight excluding hydrogens is 134 g/mol. The lowest BCUT2D eigenvalue weighted by Crippen LogP contribution is -2.26. The molecule has 0 amide bonds. The maximum atomic E-state index is 3.80. The van der Waals surface area contributed by atoms with Crippen molar-refractivity contribution in [1.29, 1.82) is 0 Å². The SMILES string of the molecule is C=CN1CCC2C=CC=CC21. The van der Waals surface area contributed by atoms with Crippen LogP contribution in [0.1, 0.15) is 6.42 Å². The highest BCUT2D eigenvalue weighted by Crippen LogP contribution is 2.28. The molecule has 0 saturated carbocycles. The van der Waals surface area contributed by atoms with Crippen LogP contribution in [0.4, 0.5) is 0 Å². The molecule has 2 atom stereocenters. The van der Waals surface area contributed by atoms with Gasteiger partial charge in [-0.05, 0) is 12.6 Å². The van der Waals surface area contributed by atoms with Gasteiger partial charge in [0.2, 0.25) is 0 Å². The fraction of sp³-hybridized carbons (Fsp3) is 0.400. The molecule has 1 saturated heterocycles. The molecule has 2 unspecified atom stereocenters. The largest absolute Gasteiger partial charge is 0.371 e. The summed E-state index contributed by atoms with van der Waals surface area (Å²) in [6, 6.07) is 0.595. The maximum absolute atomic E-state index is 3.80. The normalized spacial score (nSPS) is 34.0. The Bertz CT molecular complexity index is 209. The van der Waals surface area contributed by atoms with Crippen LogP contribution < -0.4 is 0 Å². The highest BCUT2D eigenvalue weighted by Gasteiger charge is 2.28. The van der Waals surface area contributed by atoms with Crippen LogP contribution in [0.5, 0.6) is 0 Å². The third kappa shape index (κ3) is 1.01. The van der Waals surface area contributed by atoms with Crippen molar-refractivity contribution >= 4 is 0 Å². The Balaban J connectivity index is 2.18. The van der Waals surface area contributed by atoms with Crippen molar-refractivity contribution in [1.82, 2.24) is 4.90 Å². The fourth-order valence-electron chi connectivity index (χ4n) is 1.93. The molecule has 11 heavy (non-hydrogen) atoms. The summed E-state index contributed by atoms with van der Waals surface area (Å²) in [5, 5.41) is 0. The first kappa shape index (κ1) is 6.71. The van der Waals surface area contributed by atoms with E-state index in [-0.39, 0.29) is 0 Å². The average Bonchev–Trinajstić information content (AvgIpc) is 2.47. The molecule has 1 aliphatic heterocycles. The Morgan fingerprint density at radius 1 is 1.36 bits per heavy atom.